The Labute approximate surface area is 185 Å². The van der Waals surface area contributed by atoms with Crippen LogP contribution in [0, 0.1) is 20.2 Å². The minimum atomic E-state index is -0.857. The predicted molar refractivity (Wildman–Crippen MR) is 114 cm³/mol. The van der Waals surface area contributed by atoms with Gasteiger partial charge in [0.2, 0.25) is 0 Å². The third kappa shape index (κ3) is 5.61. The Bertz CT molecular complexity index is 1210. The zero-order valence-electron chi connectivity index (χ0n) is 17.0. The molecule has 3 rings (SSSR count). The lowest BCUT2D eigenvalue weighted by Crippen LogP contribution is -2.22. The highest BCUT2D eigenvalue weighted by Gasteiger charge is 2.22. The Morgan fingerprint density at radius 2 is 1.79 bits per heavy atom. The summed E-state index contributed by atoms with van der Waals surface area (Å²) in [6.07, 6.45) is 1.33. The number of methoxy groups -OCH3 is 1. The number of amides is 2. The third-order valence-electron chi connectivity index (χ3n) is 4.20. The van der Waals surface area contributed by atoms with Gasteiger partial charge < -0.3 is 24.5 Å². The van der Waals surface area contributed by atoms with Gasteiger partial charge in [0, 0.05) is 12.1 Å². The van der Waals surface area contributed by atoms with Crippen molar-refractivity contribution in [3.8, 4) is 11.5 Å². The van der Waals surface area contributed by atoms with Gasteiger partial charge in [-0.05, 0) is 30.3 Å². The van der Waals surface area contributed by atoms with Crippen molar-refractivity contribution in [2.45, 2.75) is 0 Å². The van der Waals surface area contributed by atoms with E-state index in [0.717, 1.165) is 18.2 Å². The Morgan fingerprint density at radius 3 is 2.42 bits per heavy atom. The molecule has 2 amide bonds. The van der Waals surface area contributed by atoms with Crippen molar-refractivity contribution in [2.75, 3.05) is 24.4 Å². The summed E-state index contributed by atoms with van der Waals surface area (Å²) in [7, 11) is 1.42. The fraction of sp³-hybridized carbons (Fsp3) is 0.100. The summed E-state index contributed by atoms with van der Waals surface area (Å²) < 4.78 is 15.4. The molecule has 0 radical (unpaired) electrons. The average Bonchev–Trinajstić information content (AvgIpc) is 3.33. The van der Waals surface area contributed by atoms with Gasteiger partial charge in [0.25, 0.3) is 17.5 Å². The number of non-ortho nitro benzene ring substituents is 1. The number of furan rings is 1. The van der Waals surface area contributed by atoms with E-state index in [9.17, 15) is 29.8 Å². The number of anilines is 2. The van der Waals surface area contributed by atoms with E-state index in [2.05, 4.69) is 10.6 Å². The van der Waals surface area contributed by atoms with Gasteiger partial charge in [-0.2, -0.15) is 0 Å². The summed E-state index contributed by atoms with van der Waals surface area (Å²) in [6.45, 7) is -0.651. The molecule has 1 heterocycles. The van der Waals surface area contributed by atoms with E-state index in [-0.39, 0.29) is 22.9 Å². The molecule has 3 aromatic rings. The molecule has 0 atom stereocenters. The standard InChI is InChI=1S/C20H16N4O9/c1-31-13-5-6-14(22-20(26)18-3-2-8-32-18)15(10-13)21-19(25)11-33-17-7-4-12(23(27)28)9-16(17)24(29)30/h2-10H,11H2,1H3,(H,21,25)(H,22,26). The van der Waals surface area contributed by atoms with Crippen molar-refractivity contribution < 1.29 is 33.3 Å². The number of hydrogen-bond donors (Lipinski definition) is 2. The Kier molecular flexibility index (Phi) is 6.83. The van der Waals surface area contributed by atoms with Crippen LogP contribution in [-0.2, 0) is 4.79 Å². The Balaban J connectivity index is 1.74. The van der Waals surface area contributed by atoms with Gasteiger partial charge in [-0.15, -0.1) is 0 Å². The van der Waals surface area contributed by atoms with E-state index in [1.807, 2.05) is 0 Å². The van der Waals surface area contributed by atoms with E-state index in [1.165, 1.54) is 31.6 Å². The van der Waals surface area contributed by atoms with Crippen LogP contribution in [0.1, 0.15) is 10.6 Å². The SMILES string of the molecule is COc1ccc(NC(=O)c2ccco2)c(NC(=O)COc2ccc([N+](=O)[O-])cc2[N+](=O)[O-])c1. The number of rotatable bonds is 9. The fourth-order valence-electron chi connectivity index (χ4n) is 2.67. The lowest BCUT2D eigenvalue weighted by atomic mass is 10.2. The second kappa shape index (κ2) is 9.91. The second-order valence-electron chi connectivity index (χ2n) is 6.35. The van der Waals surface area contributed by atoms with Crippen LogP contribution in [0.3, 0.4) is 0 Å². The number of benzene rings is 2. The number of carbonyl (C=O) groups is 2. The highest BCUT2D eigenvalue weighted by Crippen LogP contribution is 2.31. The van der Waals surface area contributed by atoms with Crippen LogP contribution < -0.4 is 20.1 Å². The molecule has 13 nitrogen and oxygen atoms in total. The van der Waals surface area contributed by atoms with Crippen molar-refractivity contribution in [2.24, 2.45) is 0 Å². The predicted octanol–water partition coefficient (Wildman–Crippen LogP) is 3.37. The van der Waals surface area contributed by atoms with Crippen LogP contribution in [-0.4, -0.2) is 35.4 Å². The minimum absolute atomic E-state index is 0.0527. The lowest BCUT2D eigenvalue weighted by Gasteiger charge is -2.14. The van der Waals surface area contributed by atoms with Gasteiger partial charge in [0.1, 0.15) is 5.75 Å². The summed E-state index contributed by atoms with van der Waals surface area (Å²) in [5.74, 6) is -1.16. The first-order chi connectivity index (χ1) is 15.8. The molecule has 0 spiro atoms. The second-order valence-corrected chi connectivity index (χ2v) is 6.35. The molecule has 0 aliphatic carbocycles. The number of nitro groups is 2. The molecule has 0 aliphatic heterocycles. The summed E-state index contributed by atoms with van der Waals surface area (Å²) >= 11 is 0. The van der Waals surface area contributed by atoms with Crippen molar-refractivity contribution in [1.82, 2.24) is 0 Å². The number of hydrogen-bond acceptors (Lipinski definition) is 9. The average molecular weight is 456 g/mol. The highest BCUT2D eigenvalue weighted by molar-refractivity contribution is 6.06. The van der Waals surface area contributed by atoms with Gasteiger partial charge in [-0.3, -0.25) is 29.8 Å². The summed E-state index contributed by atoms with van der Waals surface area (Å²) in [5.41, 5.74) is -0.760. The van der Waals surface area contributed by atoms with Gasteiger partial charge in [-0.25, -0.2) is 0 Å². The van der Waals surface area contributed by atoms with Crippen LogP contribution >= 0.6 is 0 Å². The normalized spacial score (nSPS) is 10.2. The van der Waals surface area contributed by atoms with Crippen LogP contribution in [0.4, 0.5) is 22.7 Å². The molecule has 2 N–H and O–H groups in total. The van der Waals surface area contributed by atoms with Crippen molar-refractivity contribution in [3.05, 3.63) is 80.8 Å². The van der Waals surface area contributed by atoms with Crippen LogP contribution in [0.5, 0.6) is 11.5 Å². The summed E-state index contributed by atoms with van der Waals surface area (Å²) in [6, 6.07) is 10.3. The molecule has 170 valence electrons. The van der Waals surface area contributed by atoms with Gasteiger partial charge in [-0.1, -0.05) is 0 Å². The van der Waals surface area contributed by atoms with E-state index in [0.29, 0.717) is 5.75 Å². The molecule has 2 aromatic carbocycles. The van der Waals surface area contributed by atoms with Crippen LogP contribution in [0.15, 0.2) is 59.2 Å². The van der Waals surface area contributed by atoms with E-state index in [4.69, 9.17) is 13.9 Å². The lowest BCUT2D eigenvalue weighted by molar-refractivity contribution is -0.394. The quantitative estimate of drug-likeness (QED) is 0.361. The van der Waals surface area contributed by atoms with E-state index in [1.54, 1.807) is 12.1 Å². The topological polar surface area (TPSA) is 176 Å². The summed E-state index contributed by atoms with van der Waals surface area (Å²) in [4.78, 5) is 45.1. The summed E-state index contributed by atoms with van der Waals surface area (Å²) in [5, 5.41) is 27.1. The monoisotopic (exact) mass is 456 g/mol. The number of ether oxygens (including phenoxy) is 2. The number of nitrogens with zero attached hydrogens (tertiary/aromatic N) is 2. The molecule has 0 unspecified atom stereocenters. The first kappa shape index (κ1) is 22.7. The van der Waals surface area contributed by atoms with Gasteiger partial charge >= 0.3 is 5.69 Å². The largest absolute Gasteiger partial charge is 0.497 e. The number of carbonyl (C=O) groups excluding carboxylic acids is 2. The molecular formula is C20H16N4O9. The molecule has 1 aromatic heterocycles. The Morgan fingerprint density at radius 1 is 1.00 bits per heavy atom. The van der Waals surface area contributed by atoms with Gasteiger partial charge in [0.15, 0.2) is 18.1 Å². The highest BCUT2D eigenvalue weighted by atomic mass is 16.6. The van der Waals surface area contributed by atoms with Crippen molar-refractivity contribution >= 4 is 34.6 Å². The first-order valence-corrected chi connectivity index (χ1v) is 9.17. The maximum absolute atomic E-state index is 12.4. The first-order valence-electron chi connectivity index (χ1n) is 9.17. The van der Waals surface area contributed by atoms with Crippen LogP contribution in [0.25, 0.3) is 0 Å². The maximum atomic E-state index is 12.4. The number of nitrogens with one attached hydrogen (secondary N) is 2. The van der Waals surface area contributed by atoms with Crippen molar-refractivity contribution in [3.63, 3.8) is 0 Å². The zero-order chi connectivity index (χ0) is 24.0. The van der Waals surface area contributed by atoms with Gasteiger partial charge in [0.05, 0.1) is 40.7 Å². The molecule has 0 aliphatic rings. The zero-order valence-corrected chi connectivity index (χ0v) is 17.0. The molecule has 0 fully saturated rings. The van der Waals surface area contributed by atoms with Crippen LogP contribution in [0.2, 0.25) is 0 Å². The van der Waals surface area contributed by atoms with Crippen molar-refractivity contribution in [1.29, 1.82) is 0 Å². The molecule has 0 saturated heterocycles. The smallest absolute Gasteiger partial charge is 0.317 e. The third-order valence-corrected chi connectivity index (χ3v) is 4.20. The molecule has 0 bridgehead atoms. The van der Waals surface area contributed by atoms with E-state index < -0.39 is 39.6 Å². The molecule has 13 heteroatoms. The fourth-order valence-corrected chi connectivity index (χ4v) is 2.67. The number of nitro benzene ring substituents is 2. The minimum Gasteiger partial charge on any atom is -0.497 e. The van der Waals surface area contributed by atoms with E-state index >= 15 is 0 Å². The molecule has 0 saturated carbocycles. The Hall–Kier alpha value is -4.94. The maximum Gasteiger partial charge on any atom is 0.317 e. The molecule has 33 heavy (non-hydrogen) atoms. The molecular weight excluding hydrogens is 440 g/mol.